The van der Waals surface area contributed by atoms with Gasteiger partial charge in [0.1, 0.15) is 6.04 Å². The van der Waals surface area contributed by atoms with Gasteiger partial charge in [-0.25, -0.2) is 0 Å². The molecule has 0 heterocycles. The van der Waals surface area contributed by atoms with E-state index in [2.05, 4.69) is 30.4 Å². The van der Waals surface area contributed by atoms with Gasteiger partial charge in [-0.2, -0.15) is 5.26 Å². The zero-order chi connectivity index (χ0) is 12.8. The van der Waals surface area contributed by atoms with E-state index in [4.69, 9.17) is 0 Å². The average Bonchev–Trinajstić information content (AvgIpc) is 2.65. The van der Waals surface area contributed by atoms with Crippen molar-refractivity contribution >= 4 is 0 Å². The Morgan fingerprint density at radius 1 is 1.17 bits per heavy atom. The summed E-state index contributed by atoms with van der Waals surface area (Å²) in [6.07, 6.45) is 7.71. The highest BCUT2D eigenvalue weighted by atomic mass is 14.9. The van der Waals surface area contributed by atoms with Crippen molar-refractivity contribution in [2.24, 2.45) is 0 Å². The number of nitrogens with one attached hydrogen (secondary N) is 1. The minimum Gasteiger partial charge on any atom is -0.295 e. The Hall–Kier alpha value is -1.33. The molecule has 1 N–H and O–H groups in total. The summed E-state index contributed by atoms with van der Waals surface area (Å²) in [4.78, 5) is 0. The summed E-state index contributed by atoms with van der Waals surface area (Å²) >= 11 is 0. The van der Waals surface area contributed by atoms with Crippen LogP contribution >= 0.6 is 0 Å². The first-order chi connectivity index (χ1) is 8.81. The number of rotatable bonds is 3. The van der Waals surface area contributed by atoms with Crippen molar-refractivity contribution < 1.29 is 0 Å². The molecule has 1 saturated carbocycles. The third kappa shape index (κ3) is 3.34. The molecule has 1 atom stereocenters. The Morgan fingerprint density at radius 3 is 2.44 bits per heavy atom. The van der Waals surface area contributed by atoms with Gasteiger partial charge in [-0.3, -0.25) is 5.32 Å². The maximum atomic E-state index is 9.39. The lowest BCUT2D eigenvalue weighted by Crippen LogP contribution is -2.32. The fourth-order valence-electron chi connectivity index (χ4n) is 2.79. The SMILES string of the molecule is Cc1ccccc1C(C#N)NC1CCCCCC1. The van der Waals surface area contributed by atoms with Crippen molar-refractivity contribution in [1.82, 2.24) is 5.32 Å². The highest BCUT2D eigenvalue weighted by Gasteiger charge is 2.18. The van der Waals surface area contributed by atoms with Crippen LogP contribution in [-0.2, 0) is 0 Å². The Kier molecular flexibility index (Phi) is 4.78. The van der Waals surface area contributed by atoms with Gasteiger partial charge in [0.15, 0.2) is 0 Å². The predicted molar refractivity (Wildman–Crippen MR) is 74.2 cm³/mol. The van der Waals surface area contributed by atoms with Gasteiger partial charge in [0.25, 0.3) is 0 Å². The molecule has 1 fully saturated rings. The van der Waals surface area contributed by atoms with Crippen molar-refractivity contribution in [2.45, 2.75) is 57.5 Å². The van der Waals surface area contributed by atoms with Crippen LogP contribution in [0.3, 0.4) is 0 Å². The molecule has 18 heavy (non-hydrogen) atoms. The van der Waals surface area contributed by atoms with Gasteiger partial charge in [-0.1, -0.05) is 49.9 Å². The number of hydrogen-bond acceptors (Lipinski definition) is 2. The molecule has 0 bridgehead atoms. The van der Waals surface area contributed by atoms with E-state index in [1.165, 1.54) is 44.1 Å². The van der Waals surface area contributed by atoms with E-state index in [9.17, 15) is 5.26 Å². The molecular weight excluding hydrogens is 220 g/mol. The van der Waals surface area contributed by atoms with Gasteiger partial charge in [-0.15, -0.1) is 0 Å². The van der Waals surface area contributed by atoms with E-state index in [-0.39, 0.29) is 6.04 Å². The summed E-state index contributed by atoms with van der Waals surface area (Å²) in [5.74, 6) is 0. The molecule has 1 aromatic carbocycles. The summed E-state index contributed by atoms with van der Waals surface area (Å²) in [5.41, 5.74) is 2.33. The first-order valence-electron chi connectivity index (χ1n) is 7.02. The summed E-state index contributed by atoms with van der Waals surface area (Å²) in [6, 6.07) is 11.0. The van der Waals surface area contributed by atoms with Crippen LogP contribution in [-0.4, -0.2) is 6.04 Å². The number of benzene rings is 1. The summed E-state index contributed by atoms with van der Waals surface area (Å²) in [7, 11) is 0. The van der Waals surface area contributed by atoms with Crippen LogP contribution < -0.4 is 5.32 Å². The fourth-order valence-corrected chi connectivity index (χ4v) is 2.79. The lowest BCUT2D eigenvalue weighted by Gasteiger charge is -2.21. The normalized spacial score (nSPS) is 18.9. The second-order valence-corrected chi connectivity index (χ2v) is 5.27. The molecule has 1 unspecified atom stereocenters. The van der Waals surface area contributed by atoms with Gasteiger partial charge in [0.2, 0.25) is 0 Å². The summed E-state index contributed by atoms with van der Waals surface area (Å²) in [6.45, 7) is 2.08. The third-order valence-corrected chi connectivity index (χ3v) is 3.89. The number of nitrogens with zero attached hydrogens (tertiary/aromatic N) is 1. The molecule has 0 radical (unpaired) electrons. The van der Waals surface area contributed by atoms with Crippen LogP contribution in [0.1, 0.15) is 55.7 Å². The van der Waals surface area contributed by atoms with Crippen LogP contribution in [0, 0.1) is 18.3 Å². The second-order valence-electron chi connectivity index (χ2n) is 5.27. The van der Waals surface area contributed by atoms with E-state index in [0.717, 1.165) is 5.56 Å². The van der Waals surface area contributed by atoms with Gasteiger partial charge < -0.3 is 0 Å². The molecule has 2 heteroatoms. The molecule has 0 saturated heterocycles. The van der Waals surface area contributed by atoms with Gasteiger partial charge in [-0.05, 0) is 30.9 Å². The Labute approximate surface area is 110 Å². The maximum Gasteiger partial charge on any atom is 0.121 e. The molecule has 1 aromatic rings. The fraction of sp³-hybridized carbons (Fsp3) is 0.562. The minimum atomic E-state index is -0.158. The zero-order valence-electron chi connectivity index (χ0n) is 11.2. The molecule has 2 nitrogen and oxygen atoms in total. The van der Waals surface area contributed by atoms with Crippen LogP contribution in [0.5, 0.6) is 0 Å². The topological polar surface area (TPSA) is 35.8 Å². The van der Waals surface area contributed by atoms with Crippen molar-refractivity contribution in [3.05, 3.63) is 35.4 Å². The molecule has 1 aliphatic rings. The van der Waals surface area contributed by atoms with Crippen molar-refractivity contribution in [2.75, 3.05) is 0 Å². The van der Waals surface area contributed by atoms with E-state index < -0.39 is 0 Å². The molecule has 1 aliphatic carbocycles. The van der Waals surface area contributed by atoms with Gasteiger partial charge in [0, 0.05) is 6.04 Å². The second kappa shape index (κ2) is 6.56. The van der Waals surface area contributed by atoms with Crippen LogP contribution in [0.4, 0.5) is 0 Å². The quantitative estimate of drug-likeness (QED) is 0.817. The standard InChI is InChI=1S/C16H22N2/c1-13-8-6-7-11-15(13)16(12-17)18-14-9-4-2-3-5-10-14/h6-8,11,14,16,18H,2-5,9-10H2,1H3. The van der Waals surface area contributed by atoms with E-state index in [1.54, 1.807) is 0 Å². The van der Waals surface area contributed by atoms with Crippen LogP contribution in [0.25, 0.3) is 0 Å². The highest BCUT2D eigenvalue weighted by Crippen LogP contribution is 2.22. The molecular formula is C16H22N2. The average molecular weight is 242 g/mol. The Morgan fingerprint density at radius 2 is 1.83 bits per heavy atom. The third-order valence-electron chi connectivity index (χ3n) is 3.89. The lowest BCUT2D eigenvalue weighted by atomic mass is 10.00. The molecule has 0 aromatic heterocycles. The monoisotopic (exact) mass is 242 g/mol. The largest absolute Gasteiger partial charge is 0.295 e. The van der Waals surface area contributed by atoms with Crippen LogP contribution in [0.15, 0.2) is 24.3 Å². The van der Waals surface area contributed by atoms with Crippen molar-refractivity contribution in [3.63, 3.8) is 0 Å². The molecule has 0 spiro atoms. The smallest absolute Gasteiger partial charge is 0.121 e. The number of nitriles is 1. The van der Waals surface area contributed by atoms with Crippen LogP contribution in [0.2, 0.25) is 0 Å². The highest BCUT2D eigenvalue weighted by molar-refractivity contribution is 5.32. The number of aryl methyl sites for hydroxylation is 1. The van der Waals surface area contributed by atoms with E-state index in [0.29, 0.717) is 6.04 Å². The van der Waals surface area contributed by atoms with E-state index >= 15 is 0 Å². The minimum absolute atomic E-state index is 0.158. The number of hydrogen-bond donors (Lipinski definition) is 1. The molecule has 0 amide bonds. The van der Waals surface area contributed by atoms with Crippen molar-refractivity contribution in [1.29, 1.82) is 5.26 Å². The van der Waals surface area contributed by atoms with E-state index in [1.807, 2.05) is 12.1 Å². The maximum absolute atomic E-state index is 9.39. The zero-order valence-corrected chi connectivity index (χ0v) is 11.2. The Balaban J connectivity index is 2.05. The molecule has 2 rings (SSSR count). The first-order valence-corrected chi connectivity index (χ1v) is 7.02. The van der Waals surface area contributed by atoms with Gasteiger partial charge in [0.05, 0.1) is 6.07 Å². The Bertz CT molecular complexity index is 411. The summed E-state index contributed by atoms with van der Waals surface area (Å²) < 4.78 is 0. The predicted octanol–water partition coefficient (Wildman–Crippen LogP) is 3.87. The van der Waals surface area contributed by atoms with Crippen molar-refractivity contribution in [3.8, 4) is 6.07 Å². The first kappa shape index (κ1) is 13.1. The van der Waals surface area contributed by atoms with Gasteiger partial charge >= 0.3 is 0 Å². The molecule has 0 aliphatic heterocycles. The lowest BCUT2D eigenvalue weighted by molar-refractivity contribution is 0.436. The summed E-state index contributed by atoms with van der Waals surface area (Å²) in [5, 5.41) is 12.9. The molecule has 96 valence electrons.